The molecule has 3 rings (SSSR count). The summed E-state index contributed by atoms with van der Waals surface area (Å²) in [5, 5.41) is 7.06. The minimum atomic E-state index is 0.180. The summed E-state index contributed by atoms with van der Waals surface area (Å²) in [5.41, 5.74) is 1.39. The van der Waals surface area contributed by atoms with E-state index in [0.29, 0.717) is 0 Å². The van der Waals surface area contributed by atoms with Gasteiger partial charge in [-0.2, -0.15) is 0 Å². The highest BCUT2D eigenvalue weighted by molar-refractivity contribution is 7.09. The Balaban J connectivity index is 1.40. The third-order valence-electron chi connectivity index (χ3n) is 4.31. The first-order valence-corrected chi connectivity index (χ1v) is 8.80. The maximum atomic E-state index is 4.74. The van der Waals surface area contributed by atoms with Gasteiger partial charge in [-0.25, -0.2) is 4.98 Å². The van der Waals surface area contributed by atoms with E-state index in [-0.39, 0.29) is 5.41 Å². The SMILES string of the molecule is CC(C)(C)c1nc(CNCC2CCN(C3CC3)C2)cs1. The van der Waals surface area contributed by atoms with Gasteiger partial charge in [0.1, 0.15) is 0 Å². The summed E-state index contributed by atoms with van der Waals surface area (Å²) in [6.07, 6.45) is 4.25. The maximum Gasteiger partial charge on any atom is 0.0982 e. The van der Waals surface area contributed by atoms with E-state index in [2.05, 4.69) is 36.4 Å². The highest BCUT2D eigenvalue weighted by Crippen LogP contribution is 2.31. The second kappa shape index (κ2) is 5.74. The maximum absolute atomic E-state index is 4.74. The van der Waals surface area contributed by atoms with Crippen LogP contribution in [0.1, 0.15) is 50.7 Å². The number of rotatable bonds is 5. The summed E-state index contributed by atoms with van der Waals surface area (Å²) < 4.78 is 0. The van der Waals surface area contributed by atoms with Crippen molar-refractivity contribution in [3.05, 3.63) is 16.1 Å². The molecule has 1 aromatic rings. The van der Waals surface area contributed by atoms with Gasteiger partial charge in [-0.3, -0.25) is 0 Å². The Bertz CT molecular complexity index is 445. The van der Waals surface area contributed by atoms with Gasteiger partial charge in [0.2, 0.25) is 0 Å². The normalized spacial score (nSPS) is 24.4. The lowest BCUT2D eigenvalue weighted by Crippen LogP contribution is -2.27. The van der Waals surface area contributed by atoms with Crippen LogP contribution in [0.5, 0.6) is 0 Å². The molecule has 0 bridgehead atoms. The Morgan fingerprint density at radius 3 is 2.80 bits per heavy atom. The molecule has 0 radical (unpaired) electrons. The summed E-state index contributed by atoms with van der Waals surface area (Å²) in [6, 6.07) is 0.938. The summed E-state index contributed by atoms with van der Waals surface area (Å²) >= 11 is 1.79. The van der Waals surface area contributed by atoms with Crippen molar-refractivity contribution >= 4 is 11.3 Å². The predicted molar refractivity (Wildman–Crippen MR) is 85.2 cm³/mol. The third kappa shape index (κ3) is 3.60. The molecule has 1 N–H and O–H groups in total. The Labute approximate surface area is 126 Å². The molecule has 1 aliphatic heterocycles. The van der Waals surface area contributed by atoms with Crippen LogP contribution < -0.4 is 5.32 Å². The Morgan fingerprint density at radius 1 is 1.35 bits per heavy atom. The molecule has 1 aromatic heterocycles. The molecule has 1 saturated heterocycles. The van der Waals surface area contributed by atoms with E-state index in [1.807, 2.05) is 0 Å². The number of aromatic nitrogens is 1. The van der Waals surface area contributed by atoms with Crippen molar-refractivity contribution in [1.29, 1.82) is 0 Å². The van der Waals surface area contributed by atoms with Crippen LogP contribution in [0.4, 0.5) is 0 Å². The van der Waals surface area contributed by atoms with Gasteiger partial charge in [0.25, 0.3) is 0 Å². The first kappa shape index (κ1) is 14.5. The standard InChI is InChI=1S/C16H27N3S/c1-16(2,3)15-18-13(11-20-15)9-17-8-12-6-7-19(10-12)14-4-5-14/h11-12,14,17H,4-10H2,1-3H3. The zero-order chi connectivity index (χ0) is 14.2. The van der Waals surface area contributed by atoms with Crippen LogP contribution in [-0.2, 0) is 12.0 Å². The summed E-state index contributed by atoms with van der Waals surface area (Å²) in [4.78, 5) is 7.43. The van der Waals surface area contributed by atoms with E-state index in [4.69, 9.17) is 4.98 Å². The van der Waals surface area contributed by atoms with Crippen LogP contribution in [0.25, 0.3) is 0 Å². The minimum Gasteiger partial charge on any atom is -0.311 e. The van der Waals surface area contributed by atoms with Gasteiger partial charge in [0, 0.05) is 29.9 Å². The van der Waals surface area contributed by atoms with Gasteiger partial charge < -0.3 is 10.2 Å². The lowest BCUT2D eigenvalue weighted by molar-refractivity contribution is 0.311. The van der Waals surface area contributed by atoms with E-state index in [1.54, 1.807) is 11.3 Å². The van der Waals surface area contributed by atoms with Crippen LogP contribution in [0.15, 0.2) is 5.38 Å². The molecular weight excluding hydrogens is 266 g/mol. The third-order valence-corrected chi connectivity index (χ3v) is 5.63. The first-order valence-electron chi connectivity index (χ1n) is 7.92. The quantitative estimate of drug-likeness (QED) is 0.904. The molecule has 1 unspecified atom stereocenters. The monoisotopic (exact) mass is 293 g/mol. The Kier molecular flexibility index (Phi) is 4.16. The van der Waals surface area contributed by atoms with Gasteiger partial charge in [0.05, 0.1) is 10.7 Å². The average Bonchev–Trinajstić information content (AvgIpc) is 2.93. The van der Waals surface area contributed by atoms with Crippen LogP contribution in [0.3, 0.4) is 0 Å². The molecule has 2 fully saturated rings. The van der Waals surface area contributed by atoms with Gasteiger partial charge in [-0.15, -0.1) is 11.3 Å². The molecule has 3 nitrogen and oxygen atoms in total. The van der Waals surface area contributed by atoms with E-state index < -0.39 is 0 Å². The van der Waals surface area contributed by atoms with Crippen molar-refractivity contribution in [2.24, 2.45) is 5.92 Å². The number of thiazole rings is 1. The Morgan fingerprint density at radius 2 is 2.15 bits per heavy atom. The van der Waals surface area contributed by atoms with Gasteiger partial charge in [-0.05, 0) is 38.3 Å². The summed E-state index contributed by atoms with van der Waals surface area (Å²) in [7, 11) is 0. The topological polar surface area (TPSA) is 28.2 Å². The van der Waals surface area contributed by atoms with Crippen LogP contribution in [-0.4, -0.2) is 35.6 Å². The number of hydrogen-bond donors (Lipinski definition) is 1. The van der Waals surface area contributed by atoms with E-state index in [9.17, 15) is 0 Å². The van der Waals surface area contributed by atoms with Crippen LogP contribution in [0, 0.1) is 5.92 Å². The molecule has 2 aliphatic rings. The fourth-order valence-corrected chi connectivity index (χ4v) is 3.84. The second-order valence-corrected chi connectivity index (χ2v) is 8.26. The van der Waals surface area contributed by atoms with Gasteiger partial charge in [0.15, 0.2) is 0 Å². The molecule has 0 spiro atoms. The number of likely N-dealkylation sites (tertiary alicyclic amines) is 1. The average molecular weight is 293 g/mol. The molecule has 1 aliphatic carbocycles. The van der Waals surface area contributed by atoms with E-state index in [1.165, 1.54) is 43.1 Å². The van der Waals surface area contributed by atoms with Crippen molar-refractivity contribution in [2.45, 2.75) is 58.0 Å². The molecule has 2 heterocycles. The Hall–Kier alpha value is -0.450. The number of hydrogen-bond acceptors (Lipinski definition) is 4. The molecule has 1 saturated carbocycles. The highest BCUT2D eigenvalue weighted by atomic mass is 32.1. The molecule has 0 aromatic carbocycles. The molecule has 0 amide bonds. The second-order valence-electron chi connectivity index (χ2n) is 7.41. The number of nitrogens with zero attached hydrogens (tertiary/aromatic N) is 2. The molecule has 1 atom stereocenters. The van der Waals surface area contributed by atoms with Gasteiger partial charge in [-0.1, -0.05) is 20.8 Å². The first-order chi connectivity index (χ1) is 9.52. The molecule has 4 heteroatoms. The van der Waals surface area contributed by atoms with Crippen molar-refractivity contribution in [2.75, 3.05) is 19.6 Å². The van der Waals surface area contributed by atoms with Crippen LogP contribution >= 0.6 is 11.3 Å². The van der Waals surface area contributed by atoms with Crippen molar-refractivity contribution in [1.82, 2.24) is 15.2 Å². The fraction of sp³-hybridized carbons (Fsp3) is 0.812. The summed E-state index contributed by atoms with van der Waals surface area (Å²) in [5.74, 6) is 0.844. The fourth-order valence-electron chi connectivity index (χ4n) is 2.94. The zero-order valence-electron chi connectivity index (χ0n) is 13.0. The summed E-state index contributed by atoms with van der Waals surface area (Å²) in [6.45, 7) is 11.4. The van der Waals surface area contributed by atoms with E-state index >= 15 is 0 Å². The van der Waals surface area contributed by atoms with Crippen molar-refractivity contribution in [3.8, 4) is 0 Å². The highest BCUT2D eigenvalue weighted by Gasteiger charge is 2.34. The minimum absolute atomic E-state index is 0.180. The smallest absolute Gasteiger partial charge is 0.0982 e. The lowest BCUT2D eigenvalue weighted by atomic mass is 9.98. The molecule has 20 heavy (non-hydrogen) atoms. The predicted octanol–water partition coefficient (Wildman–Crippen LogP) is 3.01. The van der Waals surface area contributed by atoms with Crippen LogP contribution in [0.2, 0.25) is 0 Å². The molecular formula is C16H27N3S. The number of nitrogens with one attached hydrogen (secondary N) is 1. The lowest BCUT2D eigenvalue weighted by Gasteiger charge is -2.15. The largest absolute Gasteiger partial charge is 0.311 e. The van der Waals surface area contributed by atoms with Crippen molar-refractivity contribution in [3.63, 3.8) is 0 Å². The molecule has 112 valence electrons. The van der Waals surface area contributed by atoms with Gasteiger partial charge >= 0.3 is 0 Å². The zero-order valence-corrected chi connectivity index (χ0v) is 13.8. The van der Waals surface area contributed by atoms with E-state index in [0.717, 1.165) is 25.0 Å². The van der Waals surface area contributed by atoms with Crippen molar-refractivity contribution < 1.29 is 0 Å².